The molecule has 9 heteroatoms. The van der Waals surface area contributed by atoms with Gasteiger partial charge in [0.25, 0.3) is 11.8 Å². The lowest BCUT2D eigenvalue weighted by atomic mass is 10.1. The van der Waals surface area contributed by atoms with Crippen molar-refractivity contribution in [2.75, 3.05) is 12.0 Å². The molecule has 34 heavy (non-hydrogen) atoms. The van der Waals surface area contributed by atoms with Gasteiger partial charge in [-0.25, -0.2) is 4.39 Å². The van der Waals surface area contributed by atoms with Crippen LogP contribution in [0.5, 0.6) is 11.5 Å². The largest absolute Gasteiger partial charge is 0.493 e. The van der Waals surface area contributed by atoms with E-state index >= 15 is 0 Å². The van der Waals surface area contributed by atoms with E-state index in [9.17, 15) is 14.0 Å². The van der Waals surface area contributed by atoms with Crippen molar-refractivity contribution in [3.63, 3.8) is 0 Å². The molecule has 3 aromatic carbocycles. The van der Waals surface area contributed by atoms with Gasteiger partial charge in [0.05, 0.1) is 17.3 Å². The topological polar surface area (TPSA) is 67.9 Å². The molecule has 1 fully saturated rings. The van der Waals surface area contributed by atoms with Crippen LogP contribution >= 0.6 is 28.1 Å². The lowest BCUT2D eigenvalue weighted by Crippen LogP contribution is -2.54. The Morgan fingerprint density at radius 2 is 1.79 bits per heavy atom. The van der Waals surface area contributed by atoms with Crippen LogP contribution in [0.2, 0.25) is 0 Å². The number of benzene rings is 3. The summed E-state index contributed by atoms with van der Waals surface area (Å²) in [5.41, 5.74) is 1.36. The summed E-state index contributed by atoms with van der Waals surface area (Å²) in [5, 5.41) is 2.56. The molecule has 0 bridgehead atoms. The molecular weight excluding hydrogens is 523 g/mol. The molecule has 0 saturated carbocycles. The predicted molar refractivity (Wildman–Crippen MR) is 134 cm³/mol. The van der Waals surface area contributed by atoms with E-state index in [1.54, 1.807) is 54.6 Å². The number of nitrogens with one attached hydrogen (secondary N) is 1. The number of thiocarbonyl (C=S) groups is 1. The number of methoxy groups -OCH3 is 1. The number of carbonyl (C=O) groups is 2. The smallest absolute Gasteiger partial charge is 0.270 e. The number of ether oxygens (including phenoxy) is 2. The van der Waals surface area contributed by atoms with Gasteiger partial charge >= 0.3 is 0 Å². The Labute approximate surface area is 209 Å². The van der Waals surface area contributed by atoms with E-state index in [-0.39, 0.29) is 23.1 Å². The van der Waals surface area contributed by atoms with Gasteiger partial charge in [0.1, 0.15) is 18.0 Å². The van der Waals surface area contributed by atoms with E-state index in [0.29, 0.717) is 32.8 Å². The number of para-hydroxylation sites is 1. The second kappa shape index (κ2) is 10.1. The number of rotatable bonds is 6. The molecule has 0 aromatic heterocycles. The molecule has 0 atom stereocenters. The summed E-state index contributed by atoms with van der Waals surface area (Å²) >= 11 is 8.65. The molecule has 1 saturated heterocycles. The van der Waals surface area contributed by atoms with Crippen molar-refractivity contribution in [1.82, 2.24) is 5.32 Å². The highest BCUT2D eigenvalue weighted by Gasteiger charge is 2.34. The zero-order valence-corrected chi connectivity index (χ0v) is 20.3. The Morgan fingerprint density at radius 1 is 1.09 bits per heavy atom. The van der Waals surface area contributed by atoms with Crippen molar-refractivity contribution in [1.29, 1.82) is 0 Å². The summed E-state index contributed by atoms with van der Waals surface area (Å²) in [6, 6.07) is 18.4. The van der Waals surface area contributed by atoms with Gasteiger partial charge in [0.2, 0.25) is 0 Å². The van der Waals surface area contributed by atoms with Gasteiger partial charge in [-0.05, 0) is 70.1 Å². The van der Waals surface area contributed by atoms with Gasteiger partial charge in [-0.1, -0.05) is 36.4 Å². The first-order chi connectivity index (χ1) is 16.4. The maximum atomic E-state index is 13.9. The zero-order chi connectivity index (χ0) is 24.2. The number of amides is 2. The Kier molecular flexibility index (Phi) is 7.04. The molecule has 1 heterocycles. The molecule has 6 nitrogen and oxygen atoms in total. The molecule has 172 valence electrons. The normalized spacial score (nSPS) is 14.9. The van der Waals surface area contributed by atoms with Crippen LogP contribution in [-0.4, -0.2) is 24.0 Å². The van der Waals surface area contributed by atoms with Gasteiger partial charge in [0.15, 0.2) is 16.6 Å². The number of hydrogen-bond acceptors (Lipinski definition) is 5. The molecule has 0 aliphatic carbocycles. The summed E-state index contributed by atoms with van der Waals surface area (Å²) in [7, 11) is 1.46. The van der Waals surface area contributed by atoms with E-state index in [2.05, 4.69) is 21.2 Å². The van der Waals surface area contributed by atoms with Gasteiger partial charge in [0, 0.05) is 5.56 Å². The number of carbonyl (C=O) groups excluding carboxylic acids is 2. The van der Waals surface area contributed by atoms with Gasteiger partial charge in [-0.2, -0.15) is 0 Å². The maximum absolute atomic E-state index is 13.9. The minimum atomic E-state index is -0.600. The third kappa shape index (κ3) is 4.85. The summed E-state index contributed by atoms with van der Waals surface area (Å²) in [5.74, 6) is -0.815. The Morgan fingerprint density at radius 3 is 2.50 bits per heavy atom. The highest BCUT2D eigenvalue weighted by molar-refractivity contribution is 9.10. The van der Waals surface area contributed by atoms with Gasteiger partial charge < -0.3 is 9.47 Å². The lowest BCUT2D eigenvalue weighted by molar-refractivity contribution is -0.122. The Bertz CT molecular complexity index is 1310. The molecule has 4 rings (SSSR count). The maximum Gasteiger partial charge on any atom is 0.270 e. The summed E-state index contributed by atoms with van der Waals surface area (Å²) in [6.45, 7) is -0.00750. The molecule has 3 aromatic rings. The minimum absolute atomic E-state index is 0.00750. The average Bonchev–Trinajstić information content (AvgIpc) is 2.82. The zero-order valence-electron chi connectivity index (χ0n) is 17.9. The number of anilines is 1. The molecule has 2 amide bonds. The Hall–Kier alpha value is -3.56. The van der Waals surface area contributed by atoms with E-state index in [0.717, 1.165) is 0 Å². The first kappa shape index (κ1) is 23.6. The van der Waals surface area contributed by atoms with Crippen molar-refractivity contribution in [3.8, 4) is 11.5 Å². The van der Waals surface area contributed by atoms with Crippen LogP contribution in [0.1, 0.15) is 11.1 Å². The van der Waals surface area contributed by atoms with Crippen molar-refractivity contribution in [2.45, 2.75) is 6.61 Å². The average molecular weight is 541 g/mol. The van der Waals surface area contributed by atoms with E-state index in [1.807, 2.05) is 6.07 Å². The quantitative estimate of drug-likeness (QED) is 0.270. The first-order valence-corrected chi connectivity index (χ1v) is 11.3. The van der Waals surface area contributed by atoms with Crippen molar-refractivity contribution < 1.29 is 23.5 Å². The van der Waals surface area contributed by atoms with Crippen molar-refractivity contribution in [3.05, 3.63) is 93.7 Å². The number of halogens is 2. The second-order valence-electron chi connectivity index (χ2n) is 7.21. The summed E-state index contributed by atoms with van der Waals surface area (Å²) in [4.78, 5) is 27.0. The molecule has 0 spiro atoms. The summed E-state index contributed by atoms with van der Waals surface area (Å²) in [6.07, 6.45) is 1.45. The highest BCUT2D eigenvalue weighted by Crippen LogP contribution is 2.38. The van der Waals surface area contributed by atoms with Crippen molar-refractivity contribution in [2.24, 2.45) is 0 Å². The highest BCUT2D eigenvalue weighted by atomic mass is 79.9. The molecule has 1 aliphatic heterocycles. The molecular formula is C25H18BrFN2O4S. The van der Waals surface area contributed by atoms with Crippen LogP contribution in [0.15, 0.2) is 76.8 Å². The number of hydrogen-bond donors (Lipinski definition) is 1. The van der Waals surface area contributed by atoms with Crippen LogP contribution in [-0.2, 0) is 16.2 Å². The fourth-order valence-electron chi connectivity index (χ4n) is 3.36. The van der Waals surface area contributed by atoms with Crippen LogP contribution in [0.3, 0.4) is 0 Å². The molecule has 1 aliphatic rings. The number of nitrogens with zero attached hydrogens (tertiary/aromatic N) is 1. The Balaban J connectivity index is 1.65. The van der Waals surface area contributed by atoms with Gasteiger partial charge in [-0.3, -0.25) is 19.8 Å². The van der Waals surface area contributed by atoms with Crippen LogP contribution in [0.25, 0.3) is 6.08 Å². The van der Waals surface area contributed by atoms with Gasteiger partial charge in [-0.15, -0.1) is 0 Å². The third-order valence-electron chi connectivity index (χ3n) is 5.01. The second-order valence-corrected chi connectivity index (χ2v) is 8.45. The third-order valence-corrected chi connectivity index (χ3v) is 5.88. The van der Waals surface area contributed by atoms with Crippen LogP contribution in [0.4, 0.5) is 10.1 Å². The molecule has 1 N–H and O–H groups in total. The van der Waals surface area contributed by atoms with E-state index in [1.165, 1.54) is 24.2 Å². The van der Waals surface area contributed by atoms with Crippen molar-refractivity contribution >= 4 is 56.8 Å². The first-order valence-electron chi connectivity index (χ1n) is 10.1. The van der Waals surface area contributed by atoms with Crippen LogP contribution in [0, 0.1) is 5.82 Å². The van der Waals surface area contributed by atoms with E-state index in [4.69, 9.17) is 21.7 Å². The fourth-order valence-corrected chi connectivity index (χ4v) is 4.22. The lowest BCUT2D eigenvalue weighted by Gasteiger charge is -2.28. The van der Waals surface area contributed by atoms with Crippen LogP contribution < -0.4 is 19.7 Å². The standard InChI is InChI=1S/C25H18BrFN2O4S/c1-32-21-13-15(12-19(26)22(21)33-14-16-7-5-6-10-20(16)27)11-18-23(30)28-25(34)29(24(18)31)17-8-3-2-4-9-17/h2-13H,14H2,1H3,(H,28,30,34)/b18-11-. The van der Waals surface area contributed by atoms with E-state index < -0.39 is 11.8 Å². The summed E-state index contributed by atoms with van der Waals surface area (Å²) < 4.78 is 25.7. The predicted octanol–water partition coefficient (Wildman–Crippen LogP) is 5.01. The molecule has 0 radical (unpaired) electrons. The monoisotopic (exact) mass is 540 g/mol. The molecule has 0 unspecified atom stereocenters. The fraction of sp³-hybridized carbons (Fsp3) is 0.0800. The minimum Gasteiger partial charge on any atom is -0.493 e. The SMILES string of the molecule is COc1cc(/C=C2/C(=O)NC(=S)N(c3ccccc3)C2=O)cc(Br)c1OCc1ccccc1F.